The summed E-state index contributed by atoms with van der Waals surface area (Å²) in [6.07, 6.45) is 1.53. The first-order chi connectivity index (χ1) is 13.2. The van der Waals surface area contributed by atoms with E-state index in [1.54, 1.807) is 18.2 Å². The molecule has 0 aliphatic rings. The number of carbonyl (C=O) groups excluding carboxylic acids is 1. The summed E-state index contributed by atoms with van der Waals surface area (Å²) in [4.78, 5) is 30.3. The highest BCUT2D eigenvalue weighted by molar-refractivity contribution is 9.11. The molecule has 28 heavy (non-hydrogen) atoms. The highest BCUT2D eigenvalue weighted by Crippen LogP contribution is 2.34. The van der Waals surface area contributed by atoms with E-state index in [1.165, 1.54) is 35.0 Å². The second-order valence-corrected chi connectivity index (χ2v) is 8.52. The van der Waals surface area contributed by atoms with Crippen LogP contribution in [0.4, 0.5) is 5.69 Å². The summed E-state index contributed by atoms with van der Waals surface area (Å²) in [6, 6.07) is 7.89. The van der Waals surface area contributed by atoms with E-state index in [2.05, 4.69) is 57.9 Å². The van der Waals surface area contributed by atoms with Crippen molar-refractivity contribution in [1.82, 2.24) is 14.8 Å². The lowest BCUT2D eigenvalue weighted by atomic mass is 10.1. The molecular formula is C17H10Br3ClN4O3. The quantitative estimate of drug-likeness (QED) is 0.451. The number of carboxylic acid groups (broad SMARTS) is 1. The molecule has 0 saturated carbocycles. The van der Waals surface area contributed by atoms with Gasteiger partial charge in [0.25, 0.3) is 5.91 Å². The number of amides is 1. The van der Waals surface area contributed by atoms with Crippen molar-refractivity contribution in [3.05, 3.63) is 66.4 Å². The van der Waals surface area contributed by atoms with Crippen molar-refractivity contribution < 1.29 is 14.7 Å². The van der Waals surface area contributed by atoms with Crippen LogP contribution in [0.15, 0.2) is 50.1 Å². The van der Waals surface area contributed by atoms with E-state index in [-0.39, 0.29) is 22.8 Å². The third kappa shape index (κ3) is 4.00. The molecule has 3 rings (SSSR count). The first kappa shape index (κ1) is 21.0. The Hall–Kier alpha value is -1.75. The monoisotopic (exact) mass is 590 g/mol. The van der Waals surface area contributed by atoms with Crippen LogP contribution in [0.25, 0.3) is 5.82 Å². The van der Waals surface area contributed by atoms with Crippen LogP contribution in [-0.2, 0) is 0 Å². The van der Waals surface area contributed by atoms with E-state index in [4.69, 9.17) is 11.6 Å². The number of nitrogens with zero attached hydrogens (tertiary/aromatic N) is 4. The summed E-state index contributed by atoms with van der Waals surface area (Å²) in [5.74, 6) is -1.38. The number of carboxylic acids is 1. The van der Waals surface area contributed by atoms with Gasteiger partial charge in [0.05, 0.1) is 16.3 Å². The van der Waals surface area contributed by atoms with E-state index < -0.39 is 11.9 Å². The average molecular weight is 593 g/mol. The minimum absolute atomic E-state index is 0.0434. The zero-order valence-electron chi connectivity index (χ0n) is 14.0. The largest absolute Gasteiger partial charge is 0.478 e. The van der Waals surface area contributed by atoms with Crippen molar-refractivity contribution in [3.63, 3.8) is 0 Å². The van der Waals surface area contributed by atoms with Gasteiger partial charge in [-0.25, -0.2) is 14.5 Å². The average Bonchev–Trinajstić information content (AvgIpc) is 3.01. The van der Waals surface area contributed by atoms with Crippen molar-refractivity contribution in [2.75, 3.05) is 11.9 Å². The number of halogens is 4. The zero-order chi connectivity index (χ0) is 20.6. The molecule has 7 nitrogen and oxygen atoms in total. The maximum atomic E-state index is 13.2. The summed E-state index contributed by atoms with van der Waals surface area (Å²) in [5.41, 5.74) is 0.316. The summed E-state index contributed by atoms with van der Waals surface area (Å²) in [7, 11) is 1.48. The molecular weight excluding hydrogens is 583 g/mol. The Balaban J connectivity index is 2.13. The Bertz CT molecular complexity index is 1100. The predicted molar refractivity (Wildman–Crippen MR) is 116 cm³/mol. The number of pyridine rings is 1. The molecule has 0 bridgehead atoms. The molecule has 3 aromatic rings. The number of hydrogen-bond acceptors (Lipinski definition) is 4. The van der Waals surface area contributed by atoms with Crippen molar-refractivity contribution in [1.29, 1.82) is 0 Å². The number of anilines is 1. The van der Waals surface area contributed by atoms with Crippen molar-refractivity contribution in [2.24, 2.45) is 0 Å². The lowest BCUT2D eigenvalue weighted by molar-refractivity contribution is 0.0697. The number of rotatable bonds is 4. The molecule has 0 spiro atoms. The lowest BCUT2D eigenvalue weighted by Crippen LogP contribution is -2.30. The van der Waals surface area contributed by atoms with Gasteiger partial charge < -0.3 is 10.0 Å². The molecule has 2 heterocycles. The van der Waals surface area contributed by atoms with Gasteiger partial charge in [-0.05, 0) is 56.1 Å². The van der Waals surface area contributed by atoms with Crippen LogP contribution < -0.4 is 4.90 Å². The Kier molecular flexibility index (Phi) is 6.23. The second kappa shape index (κ2) is 8.32. The Labute approximate surface area is 189 Å². The summed E-state index contributed by atoms with van der Waals surface area (Å²) in [5, 5.41) is 14.1. The molecule has 144 valence electrons. The predicted octanol–water partition coefficient (Wildman–Crippen LogP) is 5.18. The van der Waals surface area contributed by atoms with Crippen LogP contribution in [0.5, 0.6) is 0 Å². The first-order valence-electron chi connectivity index (χ1n) is 7.57. The topological polar surface area (TPSA) is 88.3 Å². The maximum absolute atomic E-state index is 13.2. The molecule has 0 unspecified atom stereocenters. The van der Waals surface area contributed by atoms with Gasteiger partial charge >= 0.3 is 5.97 Å². The van der Waals surface area contributed by atoms with E-state index >= 15 is 0 Å². The van der Waals surface area contributed by atoms with Gasteiger partial charge in [0.15, 0.2) is 5.82 Å². The van der Waals surface area contributed by atoms with Crippen molar-refractivity contribution in [3.8, 4) is 5.82 Å². The van der Waals surface area contributed by atoms with E-state index in [0.29, 0.717) is 18.6 Å². The molecule has 2 aromatic heterocycles. The molecule has 1 aromatic carbocycles. The SMILES string of the molecule is CN(C(=O)c1cc(Br)nn1-c1ncccc1Cl)c1c(Br)cc(Br)cc1C(=O)O. The van der Waals surface area contributed by atoms with Gasteiger partial charge in [0.1, 0.15) is 10.3 Å². The van der Waals surface area contributed by atoms with Crippen molar-refractivity contribution >= 4 is 77.0 Å². The summed E-state index contributed by atoms with van der Waals surface area (Å²) in [6.45, 7) is 0. The highest BCUT2D eigenvalue weighted by Gasteiger charge is 2.27. The zero-order valence-corrected chi connectivity index (χ0v) is 19.5. The van der Waals surface area contributed by atoms with Crippen LogP contribution >= 0.6 is 59.4 Å². The molecule has 1 N–H and O–H groups in total. The van der Waals surface area contributed by atoms with Gasteiger partial charge in [0, 0.05) is 28.3 Å². The van der Waals surface area contributed by atoms with Gasteiger partial charge in [-0.3, -0.25) is 4.79 Å². The molecule has 0 aliphatic heterocycles. The number of benzene rings is 1. The van der Waals surface area contributed by atoms with Crippen LogP contribution in [0.2, 0.25) is 5.02 Å². The summed E-state index contributed by atoms with van der Waals surface area (Å²) >= 11 is 16.0. The Morgan fingerprint density at radius 3 is 2.57 bits per heavy atom. The van der Waals surface area contributed by atoms with Crippen molar-refractivity contribution in [2.45, 2.75) is 0 Å². The molecule has 0 saturated heterocycles. The maximum Gasteiger partial charge on any atom is 0.337 e. The molecule has 11 heteroatoms. The highest BCUT2D eigenvalue weighted by atomic mass is 79.9. The third-order valence-electron chi connectivity index (χ3n) is 3.74. The van der Waals surface area contributed by atoms with Crippen LogP contribution in [0, 0.1) is 0 Å². The first-order valence-corrected chi connectivity index (χ1v) is 10.3. The fourth-order valence-corrected chi connectivity index (χ4v) is 4.61. The third-order valence-corrected chi connectivity index (χ3v) is 5.48. The van der Waals surface area contributed by atoms with Gasteiger partial charge in [-0.15, -0.1) is 0 Å². The molecule has 1 amide bonds. The fourth-order valence-electron chi connectivity index (χ4n) is 2.54. The molecule has 0 fully saturated rings. The van der Waals surface area contributed by atoms with Gasteiger partial charge in [-0.1, -0.05) is 27.5 Å². The second-order valence-electron chi connectivity index (χ2n) is 5.53. The van der Waals surface area contributed by atoms with E-state index in [0.717, 1.165) is 0 Å². The van der Waals surface area contributed by atoms with Crippen LogP contribution in [0.3, 0.4) is 0 Å². The number of aromatic carboxylic acids is 1. The van der Waals surface area contributed by atoms with E-state index in [1.807, 2.05) is 0 Å². The lowest BCUT2D eigenvalue weighted by Gasteiger charge is -2.21. The smallest absolute Gasteiger partial charge is 0.337 e. The van der Waals surface area contributed by atoms with Gasteiger partial charge in [0.2, 0.25) is 0 Å². The number of hydrogen-bond donors (Lipinski definition) is 1. The minimum Gasteiger partial charge on any atom is -0.478 e. The minimum atomic E-state index is -1.17. The standard InChI is InChI=1S/C17H10Br3ClN4O3/c1-24(14-9(17(27)28)5-8(18)6-10(14)19)16(26)12-7-13(20)23-25(12)15-11(21)3-2-4-22-15/h2-7H,1H3,(H,27,28). The van der Waals surface area contributed by atoms with Gasteiger partial charge in [-0.2, -0.15) is 5.10 Å². The Morgan fingerprint density at radius 1 is 1.21 bits per heavy atom. The Morgan fingerprint density at radius 2 is 1.93 bits per heavy atom. The number of aromatic nitrogens is 3. The van der Waals surface area contributed by atoms with E-state index in [9.17, 15) is 14.7 Å². The number of carbonyl (C=O) groups is 2. The fraction of sp³-hybridized carbons (Fsp3) is 0.0588. The van der Waals surface area contributed by atoms with Crippen LogP contribution in [0.1, 0.15) is 20.8 Å². The van der Waals surface area contributed by atoms with Crippen LogP contribution in [-0.4, -0.2) is 38.8 Å². The summed E-state index contributed by atoms with van der Waals surface area (Å²) < 4.78 is 2.71. The molecule has 0 aliphatic carbocycles. The molecule has 0 radical (unpaired) electrons. The molecule has 0 atom stereocenters. The normalized spacial score (nSPS) is 10.8.